The summed E-state index contributed by atoms with van der Waals surface area (Å²) < 4.78 is 0. The molecule has 1 fully saturated rings. The summed E-state index contributed by atoms with van der Waals surface area (Å²) in [6, 6.07) is 7.42. The van der Waals surface area contributed by atoms with E-state index in [0.29, 0.717) is 30.6 Å². The normalized spacial score (nSPS) is 17.9. The van der Waals surface area contributed by atoms with Crippen molar-refractivity contribution in [2.45, 2.75) is 32.4 Å². The van der Waals surface area contributed by atoms with Crippen LogP contribution < -0.4 is 5.32 Å². The van der Waals surface area contributed by atoms with Gasteiger partial charge in [-0.3, -0.25) is 0 Å². The van der Waals surface area contributed by atoms with E-state index in [1.165, 1.54) is 0 Å². The number of carbonyl (C=O) groups is 1. The topological polar surface area (TPSA) is 52.6 Å². The van der Waals surface area contributed by atoms with E-state index in [4.69, 9.17) is 11.6 Å². The molecule has 1 unspecified atom stereocenters. The van der Waals surface area contributed by atoms with E-state index >= 15 is 0 Å². The number of benzene rings is 1. The lowest BCUT2D eigenvalue weighted by molar-refractivity contribution is 0.0798. The summed E-state index contributed by atoms with van der Waals surface area (Å²) in [5.41, 5.74) is 0.990. The van der Waals surface area contributed by atoms with Crippen LogP contribution in [0.15, 0.2) is 24.3 Å². The third kappa shape index (κ3) is 4.12. The highest BCUT2D eigenvalue weighted by atomic mass is 35.5. The molecule has 2 amide bonds. The Bertz CT molecular complexity index is 457. The predicted molar refractivity (Wildman–Crippen MR) is 79.7 cm³/mol. The quantitative estimate of drug-likeness (QED) is 0.901. The van der Waals surface area contributed by atoms with Crippen LogP contribution in [0.1, 0.15) is 25.3 Å². The van der Waals surface area contributed by atoms with Gasteiger partial charge >= 0.3 is 6.03 Å². The van der Waals surface area contributed by atoms with Crippen molar-refractivity contribution in [3.05, 3.63) is 34.9 Å². The average Bonchev–Trinajstić information content (AvgIpc) is 2.45. The summed E-state index contributed by atoms with van der Waals surface area (Å²) >= 11 is 5.91. The summed E-state index contributed by atoms with van der Waals surface area (Å²) in [4.78, 5) is 13.9. The fourth-order valence-electron chi connectivity index (χ4n) is 2.52. The van der Waals surface area contributed by atoms with E-state index < -0.39 is 0 Å². The number of nitrogens with one attached hydrogen (secondary N) is 1. The molecular weight excluding hydrogens is 276 g/mol. The second kappa shape index (κ2) is 6.95. The van der Waals surface area contributed by atoms with Crippen LogP contribution in [0.5, 0.6) is 0 Å². The van der Waals surface area contributed by atoms with Crippen molar-refractivity contribution in [2.75, 3.05) is 13.1 Å². The van der Waals surface area contributed by atoms with E-state index in [9.17, 15) is 9.90 Å². The molecule has 0 radical (unpaired) electrons. The van der Waals surface area contributed by atoms with Crippen molar-refractivity contribution in [2.24, 2.45) is 5.92 Å². The minimum Gasteiger partial charge on any atom is -0.393 e. The first-order valence-electron chi connectivity index (χ1n) is 7.01. The third-order valence-electron chi connectivity index (χ3n) is 3.84. The van der Waals surface area contributed by atoms with Crippen molar-refractivity contribution >= 4 is 17.6 Å². The molecule has 1 aromatic rings. The molecule has 1 atom stereocenters. The SMILES string of the molecule is CC(O)C1CCN(C(=O)NCc2cccc(Cl)c2)CC1. The Balaban J connectivity index is 1.78. The summed E-state index contributed by atoms with van der Waals surface area (Å²) in [6.45, 7) is 3.71. The third-order valence-corrected chi connectivity index (χ3v) is 4.08. The van der Waals surface area contributed by atoms with E-state index in [1.54, 1.807) is 0 Å². The zero-order valence-electron chi connectivity index (χ0n) is 11.7. The highest BCUT2D eigenvalue weighted by Crippen LogP contribution is 2.20. The number of nitrogens with zero attached hydrogens (tertiary/aromatic N) is 1. The molecule has 0 aromatic heterocycles. The number of aliphatic hydroxyl groups excluding tert-OH is 1. The molecule has 2 N–H and O–H groups in total. The summed E-state index contributed by atoms with van der Waals surface area (Å²) in [5, 5.41) is 13.1. The maximum Gasteiger partial charge on any atom is 0.317 e. The molecule has 1 saturated heterocycles. The van der Waals surface area contributed by atoms with Gasteiger partial charge in [0.2, 0.25) is 0 Å². The van der Waals surface area contributed by atoms with E-state index in [0.717, 1.165) is 18.4 Å². The van der Waals surface area contributed by atoms with Crippen LogP contribution in [-0.4, -0.2) is 35.2 Å². The number of piperidine rings is 1. The van der Waals surface area contributed by atoms with Crippen molar-refractivity contribution in [3.8, 4) is 0 Å². The van der Waals surface area contributed by atoms with Crippen LogP contribution in [0.4, 0.5) is 4.79 Å². The zero-order chi connectivity index (χ0) is 14.5. The molecular formula is C15H21ClN2O2. The van der Waals surface area contributed by atoms with Crippen LogP contribution in [0.25, 0.3) is 0 Å². The number of amides is 2. The van der Waals surface area contributed by atoms with Gasteiger partial charge in [0, 0.05) is 24.7 Å². The Morgan fingerprint density at radius 3 is 2.80 bits per heavy atom. The van der Waals surface area contributed by atoms with Crippen LogP contribution in [-0.2, 0) is 6.54 Å². The molecule has 20 heavy (non-hydrogen) atoms. The highest BCUT2D eigenvalue weighted by Gasteiger charge is 2.25. The Labute approximate surface area is 124 Å². The first-order chi connectivity index (χ1) is 9.56. The fraction of sp³-hybridized carbons (Fsp3) is 0.533. The number of rotatable bonds is 3. The summed E-state index contributed by atoms with van der Waals surface area (Å²) in [6.07, 6.45) is 1.44. The first kappa shape index (κ1) is 15.1. The Kier molecular flexibility index (Phi) is 5.26. The lowest BCUT2D eigenvalue weighted by Crippen LogP contribution is -2.45. The number of hydrogen-bond donors (Lipinski definition) is 2. The van der Waals surface area contributed by atoms with Gasteiger partial charge in [0.15, 0.2) is 0 Å². The minimum absolute atomic E-state index is 0.0472. The standard InChI is InChI=1S/C15H21ClN2O2/c1-11(19)13-5-7-18(8-6-13)15(20)17-10-12-3-2-4-14(16)9-12/h2-4,9,11,13,19H,5-8,10H2,1H3,(H,17,20). The summed E-state index contributed by atoms with van der Waals surface area (Å²) in [7, 11) is 0. The van der Waals surface area contributed by atoms with Crippen molar-refractivity contribution in [3.63, 3.8) is 0 Å². The smallest absolute Gasteiger partial charge is 0.317 e. The first-order valence-corrected chi connectivity index (χ1v) is 7.39. The minimum atomic E-state index is -0.285. The zero-order valence-corrected chi connectivity index (χ0v) is 12.4. The van der Waals surface area contributed by atoms with Gasteiger partial charge in [0.1, 0.15) is 0 Å². The lowest BCUT2D eigenvalue weighted by Gasteiger charge is -2.33. The Hall–Kier alpha value is -1.26. The molecule has 0 spiro atoms. The summed E-state index contributed by atoms with van der Waals surface area (Å²) in [5.74, 6) is 0.312. The van der Waals surface area contributed by atoms with Crippen molar-refractivity contribution in [1.82, 2.24) is 10.2 Å². The number of urea groups is 1. The fourth-order valence-corrected chi connectivity index (χ4v) is 2.73. The van der Waals surface area contributed by atoms with Crippen molar-refractivity contribution in [1.29, 1.82) is 0 Å². The molecule has 5 heteroatoms. The van der Waals surface area contributed by atoms with Gasteiger partial charge in [-0.1, -0.05) is 23.7 Å². The molecule has 0 saturated carbocycles. The van der Waals surface area contributed by atoms with Gasteiger partial charge in [-0.05, 0) is 43.4 Å². The highest BCUT2D eigenvalue weighted by molar-refractivity contribution is 6.30. The predicted octanol–water partition coefficient (Wildman–Crippen LogP) is 2.64. The molecule has 1 aliphatic heterocycles. The van der Waals surface area contributed by atoms with Gasteiger partial charge < -0.3 is 15.3 Å². The van der Waals surface area contributed by atoms with Crippen LogP contribution >= 0.6 is 11.6 Å². The largest absolute Gasteiger partial charge is 0.393 e. The maximum absolute atomic E-state index is 12.1. The molecule has 1 aliphatic rings. The molecule has 1 heterocycles. The van der Waals surface area contributed by atoms with Crippen LogP contribution in [0.3, 0.4) is 0 Å². The molecule has 0 bridgehead atoms. The molecule has 4 nitrogen and oxygen atoms in total. The van der Waals surface area contributed by atoms with E-state index in [2.05, 4.69) is 5.32 Å². The van der Waals surface area contributed by atoms with Gasteiger partial charge in [0.05, 0.1) is 6.10 Å². The maximum atomic E-state index is 12.1. The monoisotopic (exact) mass is 296 g/mol. The number of hydrogen-bond acceptors (Lipinski definition) is 2. The molecule has 0 aliphatic carbocycles. The second-order valence-corrected chi connectivity index (χ2v) is 5.79. The number of aliphatic hydroxyl groups is 1. The van der Waals surface area contributed by atoms with Gasteiger partial charge in [0.25, 0.3) is 0 Å². The van der Waals surface area contributed by atoms with Crippen molar-refractivity contribution < 1.29 is 9.90 Å². The molecule has 1 aromatic carbocycles. The molecule has 2 rings (SSSR count). The van der Waals surface area contributed by atoms with Gasteiger partial charge in [-0.2, -0.15) is 0 Å². The number of halogens is 1. The van der Waals surface area contributed by atoms with Crippen LogP contribution in [0, 0.1) is 5.92 Å². The Morgan fingerprint density at radius 1 is 1.50 bits per heavy atom. The van der Waals surface area contributed by atoms with Gasteiger partial charge in [-0.15, -0.1) is 0 Å². The lowest BCUT2D eigenvalue weighted by atomic mass is 9.92. The second-order valence-electron chi connectivity index (χ2n) is 5.35. The Morgan fingerprint density at radius 2 is 2.20 bits per heavy atom. The van der Waals surface area contributed by atoms with E-state index in [-0.39, 0.29) is 12.1 Å². The average molecular weight is 297 g/mol. The number of carbonyl (C=O) groups excluding carboxylic acids is 1. The van der Waals surface area contributed by atoms with Crippen LogP contribution in [0.2, 0.25) is 5.02 Å². The van der Waals surface area contributed by atoms with E-state index in [1.807, 2.05) is 36.1 Å². The number of likely N-dealkylation sites (tertiary alicyclic amines) is 1. The molecule has 110 valence electrons. The van der Waals surface area contributed by atoms with Gasteiger partial charge in [-0.25, -0.2) is 4.79 Å².